The van der Waals surface area contributed by atoms with Crippen molar-refractivity contribution >= 4 is 0 Å². The van der Waals surface area contributed by atoms with E-state index in [9.17, 15) is 13.2 Å². The summed E-state index contributed by atoms with van der Waals surface area (Å²) in [6.07, 6.45) is -3.15. The van der Waals surface area contributed by atoms with Crippen molar-refractivity contribution in [3.63, 3.8) is 0 Å². The van der Waals surface area contributed by atoms with E-state index in [0.717, 1.165) is 43.1 Å². The van der Waals surface area contributed by atoms with Gasteiger partial charge < -0.3 is 20.1 Å². The highest BCUT2D eigenvalue weighted by Gasteiger charge is 2.29. The van der Waals surface area contributed by atoms with Crippen molar-refractivity contribution < 1.29 is 22.6 Å². The fourth-order valence-corrected chi connectivity index (χ4v) is 3.43. The maximum Gasteiger partial charge on any atom is 0.416 e. The molecule has 1 saturated heterocycles. The zero-order valence-corrected chi connectivity index (χ0v) is 18.1. The summed E-state index contributed by atoms with van der Waals surface area (Å²) in [4.78, 5) is 0. The quantitative estimate of drug-likeness (QED) is 0.549. The molecular formula is C24H31F3N2O2. The Kier molecular flexibility index (Phi) is 8.21. The average Bonchev–Trinajstić information content (AvgIpc) is 3.24. The topological polar surface area (TPSA) is 42.5 Å². The summed E-state index contributed by atoms with van der Waals surface area (Å²) >= 11 is 0. The Morgan fingerprint density at radius 1 is 1.03 bits per heavy atom. The van der Waals surface area contributed by atoms with Crippen LogP contribution in [0.4, 0.5) is 13.2 Å². The molecule has 0 amide bonds. The number of nitrogens with one attached hydrogen (secondary N) is 2. The standard InChI is InChI=1S/C24H31F3N2O2/c1-17(2)15-30-22-9-20(14-29-13-19-7-8-28-12-19)10-23(11-22)31-16-18-3-5-21(6-4-18)24(25,26)27/h3-6,9-11,17,19,28-29H,7-8,12-16H2,1-2H3. The monoisotopic (exact) mass is 436 g/mol. The van der Waals surface area contributed by atoms with Crippen molar-refractivity contribution in [2.75, 3.05) is 26.2 Å². The summed E-state index contributed by atoms with van der Waals surface area (Å²) in [5.74, 6) is 2.42. The Morgan fingerprint density at radius 2 is 1.74 bits per heavy atom. The highest BCUT2D eigenvalue weighted by atomic mass is 19.4. The fourth-order valence-electron chi connectivity index (χ4n) is 3.43. The van der Waals surface area contributed by atoms with Crippen LogP contribution in [0.25, 0.3) is 0 Å². The minimum Gasteiger partial charge on any atom is -0.493 e. The van der Waals surface area contributed by atoms with Crippen LogP contribution in [0.15, 0.2) is 42.5 Å². The predicted octanol–water partition coefficient (Wildman–Crippen LogP) is 5.02. The zero-order valence-electron chi connectivity index (χ0n) is 18.1. The second-order valence-corrected chi connectivity index (χ2v) is 8.49. The van der Waals surface area contributed by atoms with E-state index < -0.39 is 11.7 Å². The van der Waals surface area contributed by atoms with Gasteiger partial charge in [0.05, 0.1) is 12.2 Å². The van der Waals surface area contributed by atoms with Crippen LogP contribution >= 0.6 is 0 Å². The van der Waals surface area contributed by atoms with Gasteiger partial charge in [0.25, 0.3) is 0 Å². The first-order chi connectivity index (χ1) is 14.8. The van der Waals surface area contributed by atoms with Gasteiger partial charge >= 0.3 is 6.18 Å². The first-order valence-electron chi connectivity index (χ1n) is 10.8. The van der Waals surface area contributed by atoms with E-state index in [1.165, 1.54) is 18.6 Å². The number of alkyl halides is 3. The molecule has 1 unspecified atom stereocenters. The van der Waals surface area contributed by atoms with Crippen LogP contribution < -0.4 is 20.1 Å². The first kappa shape index (κ1) is 23.4. The third-order valence-electron chi connectivity index (χ3n) is 5.13. The third kappa shape index (κ3) is 7.74. The van der Waals surface area contributed by atoms with E-state index in [-0.39, 0.29) is 6.61 Å². The van der Waals surface area contributed by atoms with Crippen molar-refractivity contribution in [3.8, 4) is 11.5 Å². The lowest BCUT2D eigenvalue weighted by molar-refractivity contribution is -0.137. The van der Waals surface area contributed by atoms with Crippen molar-refractivity contribution in [3.05, 3.63) is 59.2 Å². The van der Waals surface area contributed by atoms with E-state index in [1.807, 2.05) is 18.2 Å². The minimum atomic E-state index is -4.34. The maximum absolute atomic E-state index is 12.7. The summed E-state index contributed by atoms with van der Waals surface area (Å²) in [5.41, 5.74) is 1.07. The molecule has 0 spiro atoms. The Balaban J connectivity index is 1.63. The Labute approximate surface area is 182 Å². The molecule has 1 atom stereocenters. The maximum atomic E-state index is 12.7. The van der Waals surface area contributed by atoms with Gasteiger partial charge in [-0.2, -0.15) is 13.2 Å². The molecule has 31 heavy (non-hydrogen) atoms. The molecule has 1 heterocycles. The second-order valence-electron chi connectivity index (χ2n) is 8.49. The van der Waals surface area contributed by atoms with E-state index in [0.29, 0.717) is 36.3 Å². The van der Waals surface area contributed by atoms with Crippen molar-refractivity contribution in [1.82, 2.24) is 10.6 Å². The zero-order chi connectivity index (χ0) is 22.3. The van der Waals surface area contributed by atoms with Crippen LogP contribution in [0.1, 0.15) is 37.0 Å². The second kappa shape index (κ2) is 10.9. The van der Waals surface area contributed by atoms with Gasteiger partial charge in [-0.25, -0.2) is 0 Å². The van der Waals surface area contributed by atoms with E-state index >= 15 is 0 Å². The lowest BCUT2D eigenvalue weighted by Gasteiger charge is -2.15. The van der Waals surface area contributed by atoms with Crippen LogP contribution in [0.5, 0.6) is 11.5 Å². The lowest BCUT2D eigenvalue weighted by Crippen LogP contribution is -2.24. The Hall–Kier alpha value is -2.25. The first-order valence-corrected chi connectivity index (χ1v) is 10.8. The van der Waals surface area contributed by atoms with Crippen LogP contribution in [0.2, 0.25) is 0 Å². The molecule has 0 saturated carbocycles. The number of hydrogen-bond acceptors (Lipinski definition) is 4. The Morgan fingerprint density at radius 3 is 2.35 bits per heavy atom. The lowest BCUT2D eigenvalue weighted by atomic mass is 10.1. The summed E-state index contributed by atoms with van der Waals surface area (Å²) in [5, 5.41) is 6.87. The average molecular weight is 437 g/mol. The van der Waals surface area contributed by atoms with Crippen molar-refractivity contribution in [2.45, 2.75) is 39.6 Å². The molecule has 1 aliphatic heterocycles. The molecule has 2 N–H and O–H groups in total. The van der Waals surface area contributed by atoms with E-state index in [1.54, 1.807) is 0 Å². The molecule has 3 rings (SSSR count). The summed E-state index contributed by atoms with van der Waals surface area (Å²) in [6, 6.07) is 10.8. The smallest absolute Gasteiger partial charge is 0.416 e. The van der Waals surface area contributed by atoms with Crippen LogP contribution in [-0.2, 0) is 19.3 Å². The van der Waals surface area contributed by atoms with E-state index in [4.69, 9.17) is 9.47 Å². The molecular weight excluding hydrogens is 405 g/mol. The van der Waals surface area contributed by atoms with Gasteiger partial charge in [0.1, 0.15) is 18.1 Å². The molecule has 2 aromatic carbocycles. The van der Waals surface area contributed by atoms with Gasteiger partial charge in [-0.15, -0.1) is 0 Å². The Bertz CT molecular complexity index is 817. The number of benzene rings is 2. The molecule has 1 fully saturated rings. The number of halogens is 3. The van der Waals surface area contributed by atoms with Crippen LogP contribution in [0, 0.1) is 11.8 Å². The SMILES string of the molecule is CC(C)COc1cc(CNCC2CCNC2)cc(OCc2ccc(C(F)(F)F)cc2)c1. The molecule has 7 heteroatoms. The van der Waals surface area contributed by atoms with Gasteiger partial charge in [0.2, 0.25) is 0 Å². The van der Waals surface area contributed by atoms with Crippen molar-refractivity contribution in [1.29, 1.82) is 0 Å². The van der Waals surface area contributed by atoms with Gasteiger partial charge in [0.15, 0.2) is 0 Å². The predicted molar refractivity (Wildman–Crippen MR) is 115 cm³/mol. The number of ether oxygens (including phenoxy) is 2. The van der Waals surface area contributed by atoms with Gasteiger partial charge in [-0.05, 0) is 73.3 Å². The normalized spacial score (nSPS) is 16.6. The number of hydrogen-bond donors (Lipinski definition) is 2. The fraction of sp³-hybridized carbons (Fsp3) is 0.500. The molecule has 0 aliphatic carbocycles. The molecule has 4 nitrogen and oxygen atoms in total. The highest BCUT2D eigenvalue weighted by Crippen LogP contribution is 2.29. The van der Waals surface area contributed by atoms with Crippen molar-refractivity contribution in [2.24, 2.45) is 11.8 Å². The summed E-state index contributed by atoms with van der Waals surface area (Å²) < 4.78 is 50.0. The molecule has 0 aromatic heterocycles. The van der Waals surface area contributed by atoms with Gasteiger partial charge in [-0.3, -0.25) is 0 Å². The van der Waals surface area contributed by atoms with Crippen LogP contribution in [-0.4, -0.2) is 26.2 Å². The highest BCUT2D eigenvalue weighted by molar-refractivity contribution is 5.39. The van der Waals surface area contributed by atoms with Crippen LogP contribution in [0.3, 0.4) is 0 Å². The van der Waals surface area contributed by atoms with Gasteiger partial charge in [-0.1, -0.05) is 26.0 Å². The molecule has 0 radical (unpaired) electrons. The summed E-state index contributed by atoms with van der Waals surface area (Å²) in [6.45, 7) is 8.73. The molecule has 1 aliphatic rings. The number of rotatable bonds is 10. The molecule has 2 aromatic rings. The minimum absolute atomic E-state index is 0.187. The largest absolute Gasteiger partial charge is 0.493 e. The molecule has 0 bridgehead atoms. The van der Waals surface area contributed by atoms with Gasteiger partial charge in [0, 0.05) is 12.6 Å². The summed E-state index contributed by atoms with van der Waals surface area (Å²) in [7, 11) is 0. The third-order valence-corrected chi connectivity index (χ3v) is 5.13. The molecule has 170 valence electrons. The van der Waals surface area contributed by atoms with E-state index in [2.05, 4.69) is 24.5 Å².